The Morgan fingerprint density at radius 1 is 1.21 bits per heavy atom. The van der Waals surface area contributed by atoms with Crippen molar-refractivity contribution in [1.82, 2.24) is 5.32 Å². The molecule has 2 rings (SSSR count). The zero-order valence-corrected chi connectivity index (χ0v) is 10.6. The predicted molar refractivity (Wildman–Crippen MR) is 70.6 cm³/mol. The van der Waals surface area contributed by atoms with Gasteiger partial charge in [0.25, 0.3) is 5.91 Å². The molecule has 0 unspecified atom stereocenters. The zero-order chi connectivity index (χ0) is 13.8. The van der Waals surface area contributed by atoms with Crippen molar-refractivity contribution in [3.8, 4) is 0 Å². The van der Waals surface area contributed by atoms with Crippen molar-refractivity contribution >= 4 is 18.5 Å². The zero-order valence-electron chi connectivity index (χ0n) is 10.6. The summed E-state index contributed by atoms with van der Waals surface area (Å²) in [4.78, 5) is 12.0. The molecule has 0 atom stereocenters. The van der Waals surface area contributed by atoms with Crippen molar-refractivity contribution in [2.24, 2.45) is 0 Å². The van der Waals surface area contributed by atoms with Crippen LogP contribution < -0.4 is 10.8 Å². The quantitative estimate of drug-likeness (QED) is 0.700. The van der Waals surface area contributed by atoms with E-state index < -0.39 is 12.9 Å². The van der Waals surface area contributed by atoms with E-state index in [4.69, 9.17) is 10.0 Å². The van der Waals surface area contributed by atoms with Crippen molar-refractivity contribution in [3.05, 3.63) is 29.6 Å². The summed E-state index contributed by atoms with van der Waals surface area (Å²) in [7, 11) is -1.78. The first-order chi connectivity index (χ1) is 9.06. The lowest BCUT2D eigenvalue weighted by Crippen LogP contribution is -2.37. The molecule has 0 aromatic heterocycles. The van der Waals surface area contributed by atoms with Crippen LogP contribution in [-0.2, 0) is 0 Å². The highest BCUT2D eigenvalue weighted by molar-refractivity contribution is 6.58. The summed E-state index contributed by atoms with van der Waals surface area (Å²) in [6, 6.07) is 3.53. The molecular weight excluding hydrogens is 248 g/mol. The molecular formula is C13H17BFNO3. The standard InChI is InChI=1S/C13H17BFNO3/c15-11-7-9(6-10(8-11)14(18)19)13(17)16-12-4-2-1-3-5-12/h6-8,12,18-19H,1-5H2,(H,16,17). The molecule has 0 radical (unpaired) electrons. The van der Waals surface area contributed by atoms with Crippen LogP contribution in [0.1, 0.15) is 42.5 Å². The Labute approximate surface area is 111 Å². The van der Waals surface area contributed by atoms with Crippen LogP contribution in [0.5, 0.6) is 0 Å². The molecule has 1 aliphatic carbocycles. The van der Waals surface area contributed by atoms with E-state index in [2.05, 4.69) is 5.32 Å². The van der Waals surface area contributed by atoms with Crippen LogP contribution in [0.3, 0.4) is 0 Å². The molecule has 0 saturated heterocycles. The molecule has 0 aliphatic heterocycles. The number of halogens is 1. The van der Waals surface area contributed by atoms with Crippen molar-refractivity contribution in [2.45, 2.75) is 38.1 Å². The molecule has 0 bridgehead atoms. The minimum absolute atomic E-state index is 0.0196. The van der Waals surface area contributed by atoms with E-state index in [9.17, 15) is 9.18 Å². The minimum atomic E-state index is -1.78. The largest absolute Gasteiger partial charge is 0.488 e. The topological polar surface area (TPSA) is 69.6 Å². The van der Waals surface area contributed by atoms with Gasteiger partial charge in [0, 0.05) is 11.6 Å². The summed E-state index contributed by atoms with van der Waals surface area (Å²) in [6.07, 6.45) is 5.25. The highest BCUT2D eigenvalue weighted by atomic mass is 19.1. The lowest BCUT2D eigenvalue weighted by atomic mass is 9.79. The molecule has 6 heteroatoms. The van der Waals surface area contributed by atoms with Crippen LogP contribution in [-0.4, -0.2) is 29.1 Å². The van der Waals surface area contributed by atoms with Gasteiger partial charge in [-0.25, -0.2) is 4.39 Å². The second-order valence-electron chi connectivity index (χ2n) is 4.96. The monoisotopic (exact) mass is 265 g/mol. The summed E-state index contributed by atoms with van der Waals surface area (Å²) >= 11 is 0. The molecule has 1 aromatic rings. The van der Waals surface area contributed by atoms with Crippen molar-refractivity contribution in [2.75, 3.05) is 0 Å². The Morgan fingerprint density at radius 2 is 1.89 bits per heavy atom. The molecule has 1 aliphatic rings. The van der Waals surface area contributed by atoms with Crippen molar-refractivity contribution in [3.63, 3.8) is 0 Å². The Bertz CT molecular complexity index is 461. The van der Waals surface area contributed by atoms with E-state index in [-0.39, 0.29) is 23.0 Å². The number of hydrogen-bond acceptors (Lipinski definition) is 3. The molecule has 19 heavy (non-hydrogen) atoms. The smallest absolute Gasteiger partial charge is 0.423 e. The van der Waals surface area contributed by atoms with Crippen molar-refractivity contribution < 1.29 is 19.2 Å². The Balaban J connectivity index is 2.09. The molecule has 4 nitrogen and oxygen atoms in total. The molecule has 1 saturated carbocycles. The number of rotatable bonds is 3. The first-order valence-corrected chi connectivity index (χ1v) is 6.54. The Morgan fingerprint density at radius 3 is 2.53 bits per heavy atom. The van der Waals surface area contributed by atoms with E-state index in [0.29, 0.717) is 0 Å². The first kappa shape index (κ1) is 14.0. The summed E-state index contributed by atoms with van der Waals surface area (Å²) in [5, 5.41) is 20.9. The molecule has 0 heterocycles. The third-order valence-electron chi connectivity index (χ3n) is 3.42. The van der Waals surface area contributed by atoms with Gasteiger partial charge >= 0.3 is 7.12 Å². The van der Waals surface area contributed by atoms with Gasteiger partial charge in [0.2, 0.25) is 0 Å². The molecule has 1 fully saturated rings. The normalized spacial score (nSPS) is 16.2. The SMILES string of the molecule is O=C(NC1CCCCC1)c1cc(F)cc(B(O)O)c1. The number of carbonyl (C=O) groups is 1. The van der Waals surface area contributed by atoms with Gasteiger partial charge in [-0.2, -0.15) is 0 Å². The fourth-order valence-corrected chi connectivity index (χ4v) is 2.41. The van der Waals surface area contributed by atoms with Gasteiger partial charge < -0.3 is 15.4 Å². The van der Waals surface area contributed by atoms with Gasteiger partial charge in [0.1, 0.15) is 5.82 Å². The maximum absolute atomic E-state index is 13.3. The van der Waals surface area contributed by atoms with Gasteiger partial charge in [-0.3, -0.25) is 4.79 Å². The van der Waals surface area contributed by atoms with Crippen molar-refractivity contribution in [1.29, 1.82) is 0 Å². The van der Waals surface area contributed by atoms with Gasteiger partial charge in [0.05, 0.1) is 0 Å². The van der Waals surface area contributed by atoms with Gasteiger partial charge in [-0.15, -0.1) is 0 Å². The van der Waals surface area contributed by atoms with Crippen LogP contribution in [0.4, 0.5) is 4.39 Å². The second-order valence-corrected chi connectivity index (χ2v) is 4.96. The molecule has 1 amide bonds. The average molecular weight is 265 g/mol. The number of nitrogens with one attached hydrogen (secondary N) is 1. The second kappa shape index (κ2) is 6.17. The summed E-state index contributed by atoms with van der Waals surface area (Å²) < 4.78 is 13.3. The van der Waals surface area contributed by atoms with Crippen LogP contribution in [0.25, 0.3) is 0 Å². The third kappa shape index (κ3) is 3.78. The number of amides is 1. The maximum Gasteiger partial charge on any atom is 0.488 e. The van der Waals surface area contributed by atoms with Crippen LogP contribution >= 0.6 is 0 Å². The number of benzene rings is 1. The van der Waals surface area contributed by atoms with Crippen LogP contribution in [0.15, 0.2) is 18.2 Å². The maximum atomic E-state index is 13.3. The fourth-order valence-electron chi connectivity index (χ4n) is 2.41. The van der Waals surface area contributed by atoms with Crippen LogP contribution in [0.2, 0.25) is 0 Å². The number of hydrogen-bond donors (Lipinski definition) is 3. The van der Waals surface area contributed by atoms with E-state index in [1.165, 1.54) is 12.5 Å². The molecule has 3 N–H and O–H groups in total. The summed E-state index contributed by atoms with van der Waals surface area (Å²) in [5.41, 5.74) is 0.0995. The fraction of sp³-hybridized carbons (Fsp3) is 0.462. The lowest BCUT2D eigenvalue weighted by Gasteiger charge is -2.22. The molecule has 102 valence electrons. The van der Waals surface area contributed by atoms with Crippen LogP contribution in [0, 0.1) is 5.82 Å². The lowest BCUT2D eigenvalue weighted by molar-refractivity contribution is 0.0927. The van der Waals surface area contributed by atoms with E-state index in [1.54, 1.807) is 0 Å². The highest BCUT2D eigenvalue weighted by Crippen LogP contribution is 2.17. The summed E-state index contributed by atoms with van der Waals surface area (Å²) in [5.74, 6) is -1.02. The first-order valence-electron chi connectivity index (χ1n) is 6.54. The third-order valence-corrected chi connectivity index (χ3v) is 3.42. The Hall–Kier alpha value is -1.40. The van der Waals surface area contributed by atoms with E-state index in [0.717, 1.165) is 37.8 Å². The molecule has 0 spiro atoms. The van der Waals surface area contributed by atoms with E-state index in [1.807, 2.05) is 0 Å². The predicted octanol–water partition coefficient (Wildman–Crippen LogP) is 0.568. The highest BCUT2D eigenvalue weighted by Gasteiger charge is 2.19. The Kier molecular flexibility index (Phi) is 4.55. The number of carbonyl (C=O) groups excluding carboxylic acids is 1. The minimum Gasteiger partial charge on any atom is -0.423 e. The molecule has 1 aromatic carbocycles. The average Bonchev–Trinajstić information content (AvgIpc) is 2.39. The van der Waals surface area contributed by atoms with Gasteiger partial charge in [-0.1, -0.05) is 19.3 Å². The van der Waals surface area contributed by atoms with Gasteiger partial charge in [0.15, 0.2) is 0 Å². The van der Waals surface area contributed by atoms with Gasteiger partial charge in [-0.05, 0) is 36.5 Å². The summed E-state index contributed by atoms with van der Waals surface area (Å²) in [6.45, 7) is 0. The van der Waals surface area contributed by atoms with E-state index >= 15 is 0 Å².